The van der Waals surface area contributed by atoms with Gasteiger partial charge in [0.2, 0.25) is 11.6 Å². The lowest BCUT2D eigenvalue weighted by molar-refractivity contribution is -0.121. The van der Waals surface area contributed by atoms with Crippen LogP contribution in [0.5, 0.6) is 0 Å². The van der Waals surface area contributed by atoms with Crippen LogP contribution in [0.1, 0.15) is 40.6 Å². The third-order valence-electron chi connectivity index (χ3n) is 4.44. The van der Waals surface area contributed by atoms with Gasteiger partial charge >= 0.3 is 5.97 Å². The normalized spacial score (nSPS) is 14.6. The number of hydrogen-bond donors (Lipinski definition) is 1. The molecular formula is C18H19BrN4O4S. The lowest BCUT2D eigenvalue weighted by Gasteiger charge is -2.31. The molecule has 2 amide bonds. The highest BCUT2D eigenvalue weighted by Gasteiger charge is 2.29. The van der Waals surface area contributed by atoms with Crippen LogP contribution in [0, 0.1) is 5.92 Å². The molecule has 0 unspecified atom stereocenters. The highest BCUT2D eigenvalue weighted by atomic mass is 79.9. The summed E-state index contributed by atoms with van der Waals surface area (Å²) in [7, 11) is 0. The molecule has 2 aromatic rings. The zero-order chi connectivity index (χ0) is 20.1. The number of ether oxygens (including phenoxy) is 1. The Labute approximate surface area is 174 Å². The molecule has 28 heavy (non-hydrogen) atoms. The van der Waals surface area contributed by atoms with E-state index in [1.165, 1.54) is 0 Å². The Morgan fingerprint density at radius 3 is 2.57 bits per heavy atom. The fraction of sp³-hybridized carbons (Fsp3) is 0.389. The van der Waals surface area contributed by atoms with E-state index < -0.39 is 5.97 Å². The Balaban J connectivity index is 1.56. The molecule has 10 heteroatoms. The molecule has 148 valence electrons. The van der Waals surface area contributed by atoms with E-state index in [0.717, 1.165) is 16.0 Å². The van der Waals surface area contributed by atoms with Gasteiger partial charge in [0.05, 0.1) is 6.61 Å². The minimum Gasteiger partial charge on any atom is -0.461 e. The molecule has 0 bridgehead atoms. The van der Waals surface area contributed by atoms with Gasteiger partial charge in [-0.05, 0) is 44.0 Å². The summed E-state index contributed by atoms with van der Waals surface area (Å²) in [6.07, 6.45) is 1.10. The highest BCUT2D eigenvalue weighted by molar-refractivity contribution is 9.10. The Morgan fingerprint density at radius 2 is 1.93 bits per heavy atom. The van der Waals surface area contributed by atoms with Crippen molar-refractivity contribution in [2.24, 2.45) is 5.92 Å². The molecule has 1 aromatic heterocycles. The zero-order valence-corrected chi connectivity index (χ0v) is 17.6. The lowest BCUT2D eigenvalue weighted by atomic mass is 9.95. The van der Waals surface area contributed by atoms with Gasteiger partial charge in [-0.15, -0.1) is 5.10 Å². The zero-order valence-electron chi connectivity index (χ0n) is 15.2. The number of likely N-dealkylation sites (tertiary alicyclic amines) is 1. The number of hydrogen-bond acceptors (Lipinski definition) is 7. The van der Waals surface area contributed by atoms with Crippen LogP contribution in [0.4, 0.5) is 5.00 Å². The standard InChI is InChI=1S/C18H19BrN4O4S/c1-2-27-18(26)14-16(28-22-21-14)20-15(24)11-7-9-23(10-8-11)17(25)12-3-5-13(19)6-4-12/h3-6,11H,2,7-10H2,1H3,(H,20,24). The number of aromatic nitrogens is 2. The molecule has 1 saturated heterocycles. The van der Waals surface area contributed by atoms with Gasteiger partial charge in [0.1, 0.15) is 0 Å². The first-order chi connectivity index (χ1) is 13.5. The number of piperidine rings is 1. The van der Waals surface area contributed by atoms with E-state index in [1.807, 2.05) is 12.1 Å². The van der Waals surface area contributed by atoms with Crippen molar-refractivity contribution in [2.75, 3.05) is 25.0 Å². The third kappa shape index (κ3) is 4.74. The van der Waals surface area contributed by atoms with Crippen LogP contribution in [0.15, 0.2) is 28.7 Å². The number of anilines is 1. The van der Waals surface area contributed by atoms with Crippen LogP contribution in [-0.2, 0) is 9.53 Å². The summed E-state index contributed by atoms with van der Waals surface area (Å²) in [4.78, 5) is 38.7. The predicted molar refractivity (Wildman–Crippen MR) is 107 cm³/mol. The molecule has 1 N–H and O–H groups in total. The molecule has 3 rings (SSSR count). The van der Waals surface area contributed by atoms with Gasteiger partial charge in [-0.3, -0.25) is 9.59 Å². The van der Waals surface area contributed by atoms with Crippen molar-refractivity contribution < 1.29 is 19.1 Å². The SMILES string of the molecule is CCOC(=O)c1nnsc1NC(=O)C1CCN(C(=O)c2ccc(Br)cc2)CC1. The molecule has 0 spiro atoms. The number of benzene rings is 1. The Morgan fingerprint density at radius 1 is 1.25 bits per heavy atom. The maximum Gasteiger partial charge on any atom is 0.362 e. The van der Waals surface area contributed by atoms with E-state index >= 15 is 0 Å². The van der Waals surface area contributed by atoms with Gasteiger partial charge < -0.3 is 15.0 Å². The Hall–Kier alpha value is -2.33. The van der Waals surface area contributed by atoms with Crippen LogP contribution < -0.4 is 5.32 Å². The number of esters is 1. The number of rotatable bonds is 5. The highest BCUT2D eigenvalue weighted by Crippen LogP contribution is 2.24. The Bertz CT molecular complexity index is 863. The van der Waals surface area contributed by atoms with Crippen LogP contribution in [-0.4, -0.2) is 52.0 Å². The maximum atomic E-state index is 12.6. The second-order valence-electron chi connectivity index (χ2n) is 6.23. The van der Waals surface area contributed by atoms with E-state index in [2.05, 4.69) is 30.8 Å². The van der Waals surface area contributed by atoms with Crippen molar-refractivity contribution in [1.82, 2.24) is 14.5 Å². The van der Waals surface area contributed by atoms with E-state index in [4.69, 9.17) is 4.74 Å². The van der Waals surface area contributed by atoms with Gasteiger partial charge in [-0.25, -0.2) is 4.79 Å². The lowest BCUT2D eigenvalue weighted by Crippen LogP contribution is -2.41. The summed E-state index contributed by atoms with van der Waals surface area (Å²) < 4.78 is 9.55. The topological polar surface area (TPSA) is 101 Å². The maximum absolute atomic E-state index is 12.6. The monoisotopic (exact) mass is 466 g/mol. The average Bonchev–Trinajstić information content (AvgIpc) is 3.16. The van der Waals surface area contributed by atoms with Crippen LogP contribution >= 0.6 is 27.5 Å². The Kier molecular flexibility index (Phi) is 6.74. The molecule has 2 heterocycles. The van der Waals surface area contributed by atoms with Crippen molar-refractivity contribution in [3.05, 3.63) is 40.0 Å². The number of carbonyl (C=O) groups is 3. The van der Waals surface area contributed by atoms with E-state index in [9.17, 15) is 14.4 Å². The van der Waals surface area contributed by atoms with Gasteiger partial charge in [0.15, 0.2) is 5.00 Å². The van der Waals surface area contributed by atoms with Crippen LogP contribution in [0.25, 0.3) is 0 Å². The number of nitrogens with zero attached hydrogens (tertiary/aromatic N) is 3. The minimum atomic E-state index is -0.610. The fourth-order valence-corrected chi connectivity index (χ4v) is 3.76. The van der Waals surface area contributed by atoms with Crippen molar-refractivity contribution in [3.63, 3.8) is 0 Å². The molecular weight excluding hydrogens is 448 g/mol. The summed E-state index contributed by atoms with van der Waals surface area (Å²) in [6, 6.07) is 7.22. The first-order valence-electron chi connectivity index (χ1n) is 8.84. The fourth-order valence-electron chi connectivity index (χ4n) is 2.94. The minimum absolute atomic E-state index is 0.0167. The molecule has 0 saturated carbocycles. The molecule has 0 radical (unpaired) electrons. The number of nitrogens with one attached hydrogen (secondary N) is 1. The summed E-state index contributed by atoms with van der Waals surface area (Å²) in [5.41, 5.74) is 0.643. The van der Waals surface area contributed by atoms with Crippen molar-refractivity contribution in [3.8, 4) is 0 Å². The predicted octanol–water partition coefficient (Wildman–Crippen LogP) is 2.97. The first-order valence-corrected chi connectivity index (χ1v) is 10.4. The summed E-state index contributed by atoms with van der Waals surface area (Å²) >= 11 is 4.29. The van der Waals surface area contributed by atoms with Crippen molar-refractivity contribution >= 4 is 50.2 Å². The summed E-state index contributed by atoms with van der Waals surface area (Å²) in [5, 5.41) is 6.75. The average molecular weight is 467 g/mol. The number of carbonyl (C=O) groups excluding carboxylic acids is 3. The number of amides is 2. The van der Waals surface area contributed by atoms with E-state index in [-0.39, 0.29) is 35.0 Å². The van der Waals surface area contributed by atoms with Gasteiger partial charge in [-0.2, -0.15) is 0 Å². The van der Waals surface area contributed by atoms with Crippen molar-refractivity contribution in [2.45, 2.75) is 19.8 Å². The summed E-state index contributed by atoms with van der Waals surface area (Å²) in [6.45, 7) is 2.91. The second-order valence-corrected chi connectivity index (χ2v) is 7.90. The second kappa shape index (κ2) is 9.24. The molecule has 1 aliphatic rings. The van der Waals surface area contributed by atoms with Crippen molar-refractivity contribution in [1.29, 1.82) is 0 Å². The molecule has 1 aliphatic heterocycles. The van der Waals surface area contributed by atoms with Gasteiger partial charge in [-0.1, -0.05) is 20.4 Å². The van der Waals surface area contributed by atoms with Gasteiger partial charge in [0, 0.05) is 40.6 Å². The number of halogens is 1. The molecule has 0 atom stereocenters. The molecule has 8 nitrogen and oxygen atoms in total. The molecule has 1 fully saturated rings. The van der Waals surface area contributed by atoms with Crippen LogP contribution in [0.3, 0.4) is 0 Å². The van der Waals surface area contributed by atoms with Crippen LogP contribution in [0.2, 0.25) is 0 Å². The largest absolute Gasteiger partial charge is 0.461 e. The molecule has 0 aliphatic carbocycles. The quantitative estimate of drug-likeness (QED) is 0.679. The third-order valence-corrected chi connectivity index (χ3v) is 5.61. The van der Waals surface area contributed by atoms with E-state index in [1.54, 1.807) is 24.0 Å². The first kappa shape index (κ1) is 20.4. The summed E-state index contributed by atoms with van der Waals surface area (Å²) in [5.74, 6) is -1.09. The van der Waals surface area contributed by atoms with Gasteiger partial charge in [0.25, 0.3) is 5.91 Å². The molecule has 1 aromatic carbocycles. The van der Waals surface area contributed by atoms with E-state index in [0.29, 0.717) is 31.5 Å². The smallest absolute Gasteiger partial charge is 0.362 e.